The van der Waals surface area contributed by atoms with Crippen molar-refractivity contribution in [1.82, 2.24) is 14.9 Å². The topological polar surface area (TPSA) is 95.0 Å². The number of aromatic nitrogens is 2. The molecule has 2 heterocycles. The summed E-state index contributed by atoms with van der Waals surface area (Å²) in [6, 6.07) is 12.0. The predicted molar refractivity (Wildman–Crippen MR) is 91.0 cm³/mol. The average Bonchev–Trinajstić information content (AvgIpc) is 2.56. The van der Waals surface area contributed by atoms with Gasteiger partial charge in [0.05, 0.1) is 17.9 Å². The molecule has 0 aromatic carbocycles. The van der Waals surface area contributed by atoms with Crippen LogP contribution in [-0.4, -0.2) is 33.9 Å². The zero-order valence-electron chi connectivity index (χ0n) is 13.4. The molecule has 0 aliphatic carbocycles. The fraction of sp³-hybridized carbons (Fsp3) is 0.353. The van der Waals surface area contributed by atoms with Crippen LogP contribution in [0.1, 0.15) is 24.2 Å². The second-order valence-electron chi connectivity index (χ2n) is 5.44. The summed E-state index contributed by atoms with van der Waals surface area (Å²) in [6.07, 6.45) is 5.73. The molecule has 0 aliphatic rings. The van der Waals surface area contributed by atoms with Crippen molar-refractivity contribution in [3.8, 4) is 0 Å². The largest absolute Gasteiger partial charge is 0.338 e. The summed E-state index contributed by atoms with van der Waals surface area (Å²) in [4.78, 5) is 14.1. The van der Waals surface area contributed by atoms with E-state index < -0.39 is 0 Å². The third-order valence-corrected chi connectivity index (χ3v) is 3.45. The normalized spacial score (nSPS) is 10.7. The summed E-state index contributed by atoms with van der Waals surface area (Å²) in [5, 5.41) is 0. The van der Waals surface area contributed by atoms with Crippen LogP contribution in [0.4, 0.5) is 0 Å². The highest BCUT2D eigenvalue weighted by Crippen LogP contribution is 2.08. The van der Waals surface area contributed by atoms with E-state index in [4.69, 9.17) is 11.5 Å². The molecule has 0 aliphatic heterocycles. The molecule has 6 nitrogen and oxygen atoms in total. The molecule has 2 aromatic heterocycles. The van der Waals surface area contributed by atoms with E-state index in [1.807, 2.05) is 36.7 Å². The third kappa shape index (κ3) is 6.88. The highest BCUT2D eigenvalue weighted by molar-refractivity contribution is 5.69. The first-order chi connectivity index (χ1) is 11.2. The second-order valence-corrected chi connectivity index (χ2v) is 5.44. The Bertz CT molecular complexity index is 539. The van der Waals surface area contributed by atoms with Gasteiger partial charge in [0.25, 0.3) is 0 Å². The zero-order chi connectivity index (χ0) is 16.3. The van der Waals surface area contributed by atoms with Crippen molar-refractivity contribution in [2.45, 2.75) is 25.9 Å². The maximum absolute atomic E-state index is 5.40. The highest BCUT2D eigenvalue weighted by atomic mass is 15.1. The number of hydrogen-bond donors (Lipinski definition) is 3. The summed E-state index contributed by atoms with van der Waals surface area (Å²) in [6.45, 7) is 3.40. The first-order valence-corrected chi connectivity index (χ1v) is 7.88. The molecule has 2 aromatic rings. The number of nitrogens with two attached hydrogens (primary N) is 2. The second kappa shape index (κ2) is 9.53. The van der Waals surface area contributed by atoms with Gasteiger partial charge >= 0.3 is 5.96 Å². The predicted octanol–water partition coefficient (Wildman–Crippen LogP) is -0.387. The van der Waals surface area contributed by atoms with Crippen molar-refractivity contribution >= 4 is 5.96 Å². The smallest absolute Gasteiger partial charge is 0.292 e. The van der Waals surface area contributed by atoms with E-state index in [1.54, 1.807) is 0 Å². The molecule has 0 unspecified atom stereocenters. The van der Waals surface area contributed by atoms with Crippen molar-refractivity contribution in [3.05, 3.63) is 60.2 Å². The van der Waals surface area contributed by atoms with Gasteiger partial charge in [-0.15, -0.1) is 0 Å². The number of nitrogens with one attached hydrogen (secondary N) is 1. The van der Waals surface area contributed by atoms with E-state index in [2.05, 4.69) is 32.0 Å². The molecular weight excluding hydrogens is 288 g/mol. The molecule has 0 bridgehead atoms. The number of rotatable bonds is 9. The standard InChI is InChI=1S/C17H24N6/c18-17(19)22-11-5-6-12-23(13-15-7-1-3-9-20-15)14-16-8-2-4-10-21-16/h1-4,7-10H,5-6,11-14H2,(H4,18,19,22)/p+1. The van der Waals surface area contributed by atoms with Crippen LogP contribution < -0.4 is 16.5 Å². The average molecular weight is 313 g/mol. The van der Waals surface area contributed by atoms with Crippen LogP contribution in [0.25, 0.3) is 0 Å². The Kier molecular flexibility index (Phi) is 7.00. The van der Waals surface area contributed by atoms with E-state index in [0.29, 0.717) is 0 Å². The van der Waals surface area contributed by atoms with E-state index >= 15 is 0 Å². The van der Waals surface area contributed by atoms with Gasteiger partial charge in [-0.25, -0.2) is 0 Å². The van der Waals surface area contributed by atoms with Crippen molar-refractivity contribution in [1.29, 1.82) is 0 Å². The highest BCUT2D eigenvalue weighted by Gasteiger charge is 2.08. The van der Waals surface area contributed by atoms with E-state index in [0.717, 1.165) is 50.4 Å². The Balaban J connectivity index is 1.89. The third-order valence-electron chi connectivity index (χ3n) is 3.45. The molecule has 5 N–H and O–H groups in total. The van der Waals surface area contributed by atoms with Crippen molar-refractivity contribution in [2.75, 3.05) is 13.1 Å². The van der Waals surface area contributed by atoms with Gasteiger partial charge in [-0.05, 0) is 43.7 Å². The van der Waals surface area contributed by atoms with Gasteiger partial charge in [-0.1, -0.05) is 12.1 Å². The van der Waals surface area contributed by atoms with Gasteiger partial charge in [0.2, 0.25) is 0 Å². The molecule has 2 rings (SSSR count). The van der Waals surface area contributed by atoms with Gasteiger partial charge in [-0.3, -0.25) is 31.3 Å². The molecular formula is C17H25N6+. The summed E-state index contributed by atoms with van der Waals surface area (Å²) < 4.78 is 0. The number of nitrogens with zero attached hydrogens (tertiary/aromatic N) is 3. The maximum Gasteiger partial charge on any atom is 0.338 e. The molecule has 0 radical (unpaired) electrons. The lowest BCUT2D eigenvalue weighted by Crippen LogP contribution is -2.78. The molecule has 0 saturated heterocycles. The quantitative estimate of drug-likeness (QED) is 0.333. The lowest BCUT2D eigenvalue weighted by atomic mass is 10.2. The first-order valence-electron chi connectivity index (χ1n) is 7.88. The number of unbranched alkanes of at least 4 members (excludes halogenated alkanes) is 1. The minimum Gasteiger partial charge on any atom is -0.292 e. The van der Waals surface area contributed by atoms with Crippen molar-refractivity contribution < 1.29 is 4.99 Å². The zero-order valence-corrected chi connectivity index (χ0v) is 13.4. The van der Waals surface area contributed by atoms with Crippen molar-refractivity contribution in [2.24, 2.45) is 11.5 Å². The Morgan fingerprint density at radius 3 is 2.00 bits per heavy atom. The minimum atomic E-state index is 0.281. The molecule has 0 spiro atoms. The summed E-state index contributed by atoms with van der Waals surface area (Å²) in [7, 11) is 0. The molecule has 23 heavy (non-hydrogen) atoms. The van der Waals surface area contributed by atoms with Gasteiger partial charge in [0.1, 0.15) is 0 Å². The van der Waals surface area contributed by atoms with Gasteiger partial charge in [0.15, 0.2) is 0 Å². The van der Waals surface area contributed by atoms with Gasteiger partial charge in [-0.2, -0.15) is 0 Å². The van der Waals surface area contributed by atoms with Crippen LogP contribution in [-0.2, 0) is 13.1 Å². The minimum absolute atomic E-state index is 0.281. The fourth-order valence-corrected chi connectivity index (χ4v) is 2.35. The lowest BCUT2D eigenvalue weighted by Gasteiger charge is -2.21. The molecule has 6 heteroatoms. The number of pyridine rings is 2. The van der Waals surface area contributed by atoms with Crippen LogP contribution in [0.3, 0.4) is 0 Å². The van der Waals surface area contributed by atoms with E-state index in [1.165, 1.54) is 0 Å². The molecule has 0 saturated carbocycles. The van der Waals surface area contributed by atoms with E-state index in [9.17, 15) is 0 Å². The summed E-state index contributed by atoms with van der Waals surface area (Å²) in [5.74, 6) is 0.281. The monoisotopic (exact) mass is 313 g/mol. The molecule has 0 fully saturated rings. The van der Waals surface area contributed by atoms with Gasteiger partial charge in [0, 0.05) is 25.5 Å². The van der Waals surface area contributed by atoms with E-state index in [-0.39, 0.29) is 5.96 Å². The van der Waals surface area contributed by atoms with Gasteiger partial charge < -0.3 is 0 Å². The van der Waals surface area contributed by atoms with Crippen LogP contribution in [0.15, 0.2) is 48.8 Å². The van der Waals surface area contributed by atoms with Crippen LogP contribution in [0.2, 0.25) is 0 Å². The lowest BCUT2D eigenvalue weighted by molar-refractivity contribution is -0.459. The summed E-state index contributed by atoms with van der Waals surface area (Å²) >= 11 is 0. The maximum atomic E-state index is 5.40. The van der Waals surface area contributed by atoms with Crippen LogP contribution in [0, 0.1) is 0 Å². The SMILES string of the molecule is NC(N)=[NH+]CCCCN(Cc1ccccn1)Cc1ccccn1. The first kappa shape index (κ1) is 16.9. The molecule has 0 atom stereocenters. The van der Waals surface area contributed by atoms with Crippen LogP contribution in [0.5, 0.6) is 0 Å². The van der Waals surface area contributed by atoms with Crippen LogP contribution >= 0.6 is 0 Å². The Morgan fingerprint density at radius 1 is 0.913 bits per heavy atom. The fourth-order valence-electron chi connectivity index (χ4n) is 2.35. The molecule has 0 amide bonds. The Labute approximate surface area is 137 Å². The summed E-state index contributed by atoms with van der Waals surface area (Å²) in [5.41, 5.74) is 12.9. The van der Waals surface area contributed by atoms with Crippen molar-refractivity contribution in [3.63, 3.8) is 0 Å². The Hall–Kier alpha value is -2.47. The number of hydrogen-bond acceptors (Lipinski definition) is 3. The number of guanidine groups is 1. The Morgan fingerprint density at radius 2 is 1.52 bits per heavy atom. The molecule has 122 valence electrons.